The summed E-state index contributed by atoms with van der Waals surface area (Å²) in [5.74, 6) is -2.69. The van der Waals surface area contributed by atoms with Crippen molar-refractivity contribution in [2.24, 2.45) is 0 Å². The number of carbonyl (C=O) groups is 2. The first-order valence-corrected chi connectivity index (χ1v) is 3.28. The predicted octanol–water partition coefficient (Wildman–Crippen LogP) is -4.44. The molecule has 0 saturated carbocycles. The quantitative estimate of drug-likeness (QED) is 0.531. The second-order valence-electron chi connectivity index (χ2n) is 1.26. The van der Waals surface area contributed by atoms with Gasteiger partial charge in [-0.3, -0.25) is 4.79 Å². The molecule has 0 spiro atoms. The van der Waals surface area contributed by atoms with Crippen LogP contribution in [0.4, 0.5) is 0 Å². The van der Waals surface area contributed by atoms with E-state index in [-0.39, 0.29) is 69.7 Å². The van der Waals surface area contributed by atoms with Crippen molar-refractivity contribution in [3.63, 3.8) is 0 Å². The Morgan fingerprint density at radius 2 is 1.90 bits per heavy atom. The molecule has 0 aliphatic rings. The fourth-order valence-corrected chi connectivity index (χ4v) is 0.665. The molecule has 0 amide bonds. The van der Waals surface area contributed by atoms with E-state index in [2.05, 4.69) is 0 Å². The van der Waals surface area contributed by atoms with Gasteiger partial charge in [0.05, 0.1) is 11.7 Å². The van der Waals surface area contributed by atoms with Crippen molar-refractivity contribution >= 4 is 23.7 Å². The van der Waals surface area contributed by atoms with Crippen molar-refractivity contribution in [3.8, 4) is 0 Å². The molecular weight excluding hydrogens is 230 g/mol. The number of carboxylic acid groups (broad SMARTS) is 2. The van der Waals surface area contributed by atoms with Crippen LogP contribution in [0.15, 0.2) is 0 Å². The molecule has 0 aliphatic heterocycles. The molecule has 0 atom stereocenters. The van der Waals surface area contributed by atoms with Crippen LogP contribution in [0.25, 0.3) is 0 Å². The molecule has 4 nitrogen and oxygen atoms in total. The van der Waals surface area contributed by atoms with E-state index in [0.29, 0.717) is 0 Å². The molecule has 0 aromatic carbocycles. The summed E-state index contributed by atoms with van der Waals surface area (Å²) in [4.78, 5) is 19.4. The molecule has 0 aromatic heterocycles. The van der Waals surface area contributed by atoms with E-state index >= 15 is 0 Å². The molecule has 0 rings (SSSR count). The zero-order chi connectivity index (χ0) is 7.28. The standard InChI is InChI=1S/C4H6O4S.Rb/c5-3(6)1-9-2-4(7)8;/h1-2H2,(H,5,6)(H,7,8);/q;+1/p-1. The van der Waals surface area contributed by atoms with Crippen LogP contribution in [-0.2, 0) is 9.59 Å². The van der Waals surface area contributed by atoms with Crippen LogP contribution in [0.1, 0.15) is 0 Å². The molecule has 52 valence electrons. The number of thioether (sulfide) groups is 1. The summed E-state index contributed by atoms with van der Waals surface area (Å²) >= 11 is 0.808. The van der Waals surface area contributed by atoms with Crippen LogP contribution in [0.2, 0.25) is 0 Å². The largest absolute Gasteiger partial charge is 1.00 e. The van der Waals surface area contributed by atoms with E-state index in [1.807, 2.05) is 0 Å². The summed E-state index contributed by atoms with van der Waals surface area (Å²) < 4.78 is 0. The fourth-order valence-electron chi connectivity index (χ4n) is 0.222. The van der Waals surface area contributed by atoms with Crippen LogP contribution in [0.3, 0.4) is 0 Å². The van der Waals surface area contributed by atoms with Crippen LogP contribution in [0, 0.1) is 0 Å². The summed E-state index contributed by atoms with van der Waals surface area (Å²) in [7, 11) is 0. The molecule has 0 radical (unpaired) electrons. The first kappa shape index (κ1) is 13.7. The second kappa shape index (κ2) is 8.19. The van der Waals surface area contributed by atoms with Crippen molar-refractivity contribution in [3.05, 3.63) is 0 Å². The Bertz CT molecular complexity index is 112. The van der Waals surface area contributed by atoms with Gasteiger partial charge in [0.15, 0.2) is 0 Å². The number of hydrogen-bond acceptors (Lipinski definition) is 4. The molecule has 0 aromatic rings. The SMILES string of the molecule is O=C([O-])CSCC(=O)O.[Rb+]. The average Bonchev–Trinajstić information content (AvgIpc) is 1.63. The maximum atomic E-state index is 9.75. The molecule has 0 fully saturated rings. The van der Waals surface area contributed by atoms with Gasteiger partial charge in [0.1, 0.15) is 0 Å². The van der Waals surface area contributed by atoms with Crippen molar-refractivity contribution in [2.75, 3.05) is 11.5 Å². The third-order valence-corrected chi connectivity index (χ3v) is 1.34. The van der Waals surface area contributed by atoms with Gasteiger partial charge < -0.3 is 15.0 Å². The Balaban J connectivity index is 0. The molecule has 0 aliphatic carbocycles. The summed E-state index contributed by atoms with van der Waals surface area (Å²) in [5, 5.41) is 17.6. The Hall–Kier alpha value is 1.10. The Labute approximate surface area is 111 Å². The van der Waals surface area contributed by atoms with Gasteiger partial charge in [0.2, 0.25) is 0 Å². The zero-order valence-corrected chi connectivity index (χ0v) is 11.2. The normalized spacial score (nSPS) is 8.00. The molecule has 0 bridgehead atoms. The minimum atomic E-state index is -1.23. The number of rotatable bonds is 4. The van der Waals surface area contributed by atoms with Crippen molar-refractivity contribution in [1.29, 1.82) is 0 Å². The van der Waals surface area contributed by atoms with Crippen LogP contribution < -0.4 is 63.3 Å². The first-order valence-electron chi connectivity index (χ1n) is 2.12. The minimum Gasteiger partial charge on any atom is -0.549 e. The third-order valence-electron chi connectivity index (χ3n) is 0.445. The zero-order valence-electron chi connectivity index (χ0n) is 5.49. The van der Waals surface area contributed by atoms with Gasteiger partial charge in [-0.2, -0.15) is 0 Å². The molecule has 6 heteroatoms. The van der Waals surface area contributed by atoms with Crippen LogP contribution in [0.5, 0.6) is 0 Å². The van der Waals surface area contributed by atoms with E-state index in [0.717, 1.165) is 11.8 Å². The van der Waals surface area contributed by atoms with Gasteiger partial charge in [-0.05, 0) is 0 Å². The summed E-state index contributed by atoms with van der Waals surface area (Å²) in [5.41, 5.74) is 0. The molecular formula is C4H5O4RbS. The van der Waals surface area contributed by atoms with Crippen molar-refractivity contribution in [2.45, 2.75) is 0 Å². The molecule has 0 saturated heterocycles. The number of carbonyl (C=O) groups excluding carboxylic acids is 1. The van der Waals surface area contributed by atoms with E-state index in [1.165, 1.54) is 0 Å². The van der Waals surface area contributed by atoms with Gasteiger partial charge >= 0.3 is 64.2 Å². The van der Waals surface area contributed by atoms with E-state index in [1.54, 1.807) is 0 Å². The van der Waals surface area contributed by atoms with Gasteiger partial charge in [-0.25, -0.2) is 0 Å². The number of aliphatic carboxylic acids is 2. The van der Waals surface area contributed by atoms with Gasteiger partial charge in [-0.1, -0.05) is 0 Å². The van der Waals surface area contributed by atoms with Crippen molar-refractivity contribution < 1.29 is 78.0 Å². The van der Waals surface area contributed by atoms with Gasteiger partial charge in [0, 0.05) is 5.75 Å². The Kier molecular flexibility index (Phi) is 11.2. The molecule has 0 heterocycles. The maximum absolute atomic E-state index is 9.75. The number of hydrogen-bond donors (Lipinski definition) is 1. The summed E-state index contributed by atoms with van der Waals surface area (Å²) in [6.45, 7) is 0. The molecule has 0 unspecified atom stereocenters. The van der Waals surface area contributed by atoms with E-state index in [9.17, 15) is 14.7 Å². The maximum Gasteiger partial charge on any atom is 1.00 e. The molecule has 10 heavy (non-hydrogen) atoms. The number of carboxylic acids is 2. The molecule has 1 N–H and O–H groups in total. The summed E-state index contributed by atoms with van der Waals surface area (Å²) in [6, 6.07) is 0. The van der Waals surface area contributed by atoms with Crippen LogP contribution in [-0.4, -0.2) is 28.6 Å². The topological polar surface area (TPSA) is 77.4 Å². The second-order valence-corrected chi connectivity index (χ2v) is 2.24. The monoisotopic (exact) mass is 234 g/mol. The fraction of sp³-hybridized carbons (Fsp3) is 0.500. The Morgan fingerprint density at radius 1 is 1.40 bits per heavy atom. The summed E-state index contributed by atoms with van der Waals surface area (Å²) in [6.07, 6.45) is 0. The van der Waals surface area contributed by atoms with E-state index in [4.69, 9.17) is 5.11 Å². The van der Waals surface area contributed by atoms with E-state index < -0.39 is 11.9 Å². The third kappa shape index (κ3) is 11.8. The predicted molar refractivity (Wildman–Crippen MR) is 30.0 cm³/mol. The average molecular weight is 235 g/mol. The van der Waals surface area contributed by atoms with Crippen molar-refractivity contribution in [1.82, 2.24) is 0 Å². The van der Waals surface area contributed by atoms with Gasteiger partial charge in [0.25, 0.3) is 0 Å². The first-order chi connectivity index (χ1) is 4.13. The van der Waals surface area contributed by atoms with Crippen LogP contribution >= 0.6 is 11.8 Å². The smallest absolute Gasteiger partial charge is 0.549 e. The van der Waals surface area contributed by atoms with Gasteiger partial charge in [-0.15, -0.1) is 11.8 Å². The minimum absolute atomic E-state index is 0. The Morgan fingerprint density at radius 3 is 2.20 bits per heavy atom.